The lowest BCUT2D eigenvalue weighted by atomic mass is 10.2. The standard InChI is InChI=1S/C12H14O5/c1-3-9(12(14)15)17-11-6-8(7-13)4-5-10(11)16-2/h4-7,9H,3H2,1-2H3,(H,14,15). The van der Waals surface area contributed by atoms with Gasteiger partial charge in [0.1, 0.15) is 6.29 Å². The highest BCUT2D eigenvalue weighted by molar-refractivity contribution is 5.77. The number of carbonyl (C=O) groups excluding carboxylic acids is 1. The van der Waals surface area contributed by atoms with Gasteiger partial charge in [-0.25, -0.2) is 4.79 Å². The van der Waals surface area contributed by atoms with Gasteiger partial charge in [0, 0.05) is 5.56 Å². The first kappa shape index (κ1) is 13.0. The third-order valence-corrected chi connectivity index (χ3v) is 2.24. The summed E-state index contributed by atoms with van der Waals surface area (Å²) >= 11 is 0. The van der Waals surface area contributed by atoms with Crippen molar-refractivity contribution in [2.75, 3.05) is 7.11 Å². The molecule has 0 radical (unpaired) electrons. The van der Waals surface area contributed by atoms with E-state index in [2.05, 4.69) is 0 Å². The van der Waals surface area contributed by atoms with E-state index in [0.29, 0.717) is 24.0 Å². The first-order valence-corrected chi connectivity index (χ1v) is 5.15. The minimum atomic E-state index is -1.05. The second-order valence-corrected chi connectivity index (χ2v) is 3.38. The van der Waals surface area contributed by atoms with Gasteiger partial charge in [0.25, 0.3) is 0 Å². The summed E-state index contributed by atoms with van der Waals surface area (Å²) in [4.78, 5) is 21.5. The summed E-state index contributed by atoms with van der Waals surface area (Å²) < 4.78 is 10.3. The van der Waals surface area contributed by atoms with E-state index in [4.69, 9.17) is 14.6 Å². The number of rotatable bonds is 6. The number of hydrogen-bond acceptors (Lipinski definition) is 4. The Hall–Kier alpha value is -2.04. The number of aliphatic carboxylic acids is 1. The number of carboxylic acids is 1. The fourth-order valence-electron chi connectivity index (χ4n) is 1.32. The molecule has 0 aliphatic heterocycles. The molecule has 0 aliphatic rings. The number of methoxy groups -OCH3 is 1. The van der Waals surface area contributed by atoms with Crippen molar-refractivity contribution in [1.82, 2.24) is 0 Å². The second kappa shape index (κ2) is 5.89. The Morgan fingerprint density at radius 2 is 2.18 bits per heavy atom. The highest BCUT2D eigenvalue weighted by Crippen LogP contribution is 2.28. The molecule has 5 heteroatoms. The van der Waals surface area contributed by atoms with Gasteiger partial charge in [0.05, 0.1) is 7.11 Å². The maximum Gasteiger partial charge on any atom is 0.344 e. The van der Waals surface area contributed by atoms with E-state index in [1.807, 2.05) is 0 Å². The Labute approximate surface area is 99.0 Å². The lowest BCUT2D eigenvalue weighted by Crippen LogP contribution is -2.26. The molecule has 1 aromatic rings. The smallest absolute Gasteiger partial charge is 0.344 e. The molecule has 0 fully saturated rings. The van der Waals surface area contributed by atoms with Crippen molar-refractivity contribution >= 4 is 12.3 Å². The third-order valence-electron chi connectivity index (χ3n) is 2.24. The molecule has 1 unspecified atom stereocenters. The molecule has 5 nitrogen and oxygen atoms in total. The molecule has 92 valence electrons. The van der Waals surface area contributed by atoms with Gasteiger partial charge in [-0.3, -0.25) is 4.79 Å². The van der Waals surface area contributed by atoms with Crippen LogP contribution in [0.15, 0.2) is 18.2 Å². The number of aldehydes is 1. The van der Waals surface area contributed by atoms with Crippen molar-refractivity contribution in [3.8, 4) is 11.5 Å². The topological polar surface area (TPSA) is 72.8 Å². The third kappa shape index (κ3) is 3.21. The van der Waals surface area contributed by atoms with Crippen LogP contribution in [-0.4, -0.2) is 30.6 Å². The van der Waals surface area contributed by atoms with E-state index in [0.717, 1.165) is 0 Å². The molecule has 0 aliphatic carbocycles. The Balaban J connectivity index is 3.01. The maximum absolute atomic E-state index is 10.9. The van der Waals surface area contributed by atoms with Crippen LogP contribution in [0.2, 0.25) is 0 Å². The molecular weight excluding hydrogens is 224 g/mol. The Morgan fingerprint density at radius 1 is 1.47 bits per heavy atom. The first-order valence-electron chi connectivity index (χ1n) is 5.15. The van der Waals surface area contributed by atoms with Crippen LogP contribution in [-0.2, 0) is 4.79 Å². The summed E-state index contributed by atoms with van der Waals surface area (Å²) in [5, 5.41) is 8.89. The Bertz CT molecular complexity index is 413. The quantitative estimate of drug-likeness (QED) is 0.764. The van der Waals surface area contributed by atoms with E-state index in [-0.39, 0.29) is 5.75 Å². The van der Waals surface area contributed by atoms with Crippen molar-refractivity contribution in [1.29, 1.82) is 0 Å². The SMILES string of the molecule is CCC(Oc1cc(C=O)ccc1OC)C(=O)O. The summed E-state index contributed by atoms with van der Waals surface area (Å²) in [7, 11) is 1.45. The van der Waals surface area contributed by atoms with Gasteiger partial charge in [0.15, 0.2) is 17.6 Å². The normalized spacial score (nSPS) is 11.6. The molecule has 1 atom stereocenters. The summed E-state index contributed by atoms with van der Waals surface area (Å²) in [6.45, 7) is 1.70. The van der Waals surface area contributed by atoms with E-state index >= 15 is 0 Å². The van der Waals surface area contributed by atoms with Gasteiger partial charge in [-0.2, -0.15) is 0 Å². The molecule has 0 saturated carbocycles. The molecule has 1 aromatic carbocycles. The molecule has 0 bridgehead atoms. The zero-order valence-electron chi connectivity index (χ0n) is 9.67. The highest BCUT2D eigenvalue weighted by Gasteiger charge is 2.19. The number of benzene rings is 1. The zero-order valence-corrected chi connectivity index (χ0v) is 9.67. The number of hydrogen-bond donors (Lipinski definition) is 1. The minimum absolute atomic E-state index is 0.256. The van der Waals surface area contributed by atoms with Crippen molar-refractivity contribution < 1.29 is 24.2 Å². The molecule has 0 heterocycles. The molecule has 0 aromatic heterocycles. The van der Waals surface area contributed by atoms with E-state index < -0.39 is 12.1 Å². The van der Waals surface area contributed by atoms with Crippen LogP contribution in [0.1, 0.15) is 23.7 Å². The van der Waals surface area contributed by atoms with Crippen molar-refractivity contribution in [3.05, 3.63) is 23.8 Å². The molecule has 17 heavy (non-hydrogen) atoms. The average Bonchev–Trinajstić information content (AvgIpc) is 2.35. The molecule has 0 saturated heterocycles. The van der Waals surface area contributed by atoms with Crippen molar-refractivity contribution in [2.24, 2.45) is 0 Å². The zero-order chi connectivity index (χ0) is 12.8. The highest BCUT2D eigenvalue weighted by atomic mass is 16.5. The van der Waals surface area contributed by atoms with E-state index in [1.165, 1.54) is 13.2 Å². The summed E-state index contributed by atoms with van der Waals surface area (Å²) in [5.74, 6) is -0.396. The van der Waals surface area contributed by atoms with Crippen LogP contribution < -0.4 is 9.47 Å². The predicted molar refractivity (Wildman–Crippen MR) is 60.7 cm³/mol. The lowest BCUT2D eigenvalue weighted by Gasteiger charge is -2.15. The van der Waals surface area contributed by atoms with Crippen LogP contribution in [0.25, 0.3) is 0 Å². The Morgan fingerprint density at radius 3 is 2.65 bits per heavy atom. The molecule has 0 amide bonds. The summed E-state index contributed by atoms with van der Waals surface area (Å²) in [6, 6.07) is 4.59. The lowest BCUT2D eigenvalue weighted by molar-refractivity contribution is -0.145. The van der Waals surface area contributed by atoms with Crippen LogP contribution in [0, 0.1) is 0 Å². The van der Waals surface area contributed by atoms with E-state index in [1.54, 1.807) is 19.1 Å². The monoisotopic (exact) mass is 238 g/mol. The maximum atomic E-state index is 10.9. The van der Waals surface area contributed by atoms with Gasteiger partial charge in [-0.1, -0.05) is 6.92 Å². The fraction of sp³-hybridized carbons (Fsp3) is 0.333. The number of carboxylic acid groups (broad SMARTS) is 1. The van der Waals surface area contributed by atoms with Gasteiger partial charge in [-0.15, -0.1) is 0 Å². The Kier molecular flexibility index (Phi) is 4.51. The average molecular weight is 238 g/mol. The van der Waals surface area contributed by atoms with Crippen molar-refractivity contribution in [2.45, 2.75) is 19.4 Å². The van der Waals surface area contributed by atoms with E-state index in [9.17, 15) is 9.59 Å². The number of ether oxygens (including phenoxy) is 2. The van der Waals surface area contributed by atoms with Crippen molar-refractivity contribution in [3.63, 3.8) is 0 Å². The summed E-state index contributed by atoms with van der Waals surface area (Å²) in [6.07, 6.45) is 0.0310. The summed E-state index contributed by atoms with van der Waals surface area (Å²) in [5.41, 5.74) is 0.404. The molecule has 1 N–H and O–H groups in total. The minimum Gasteiger partial charge on any atom is -0.493 e. The van der Waals surface area contributed by atoms with Gasteiger partial charge < -0.3 is 14.6 Å². The van der Waals surface area contributed by atoms with Crippen LogP contribution in [0.5, 0.6) is 11.5 Å². The molecule has 0 spiro atoms. The van der Waals surface area contributed by atoms with Gasteiger partial charge in [-0.05, 0) is 24.6 Å². The number of carbonyl (C=O) groups is 2. The van der Waals surface area contributed by atoms with Crippen LogP contribution in [0.4, 0.5) is 0 Å². The molecule has 1 rings (SSSR count). The predicted octanol–water partition coefficient (Wildman–Crippen LogP) is 1.75. The second-order valence-electron chi connectivity index (χ2n) is 3.38. The van der Waals surface area contributed by atoms with Crippen LogP contribution in [0.3, 0.4) is 0 Å². The largest absolute Gasteiger partial charge is 0.493 e. The van der Waals surface area contributed by atoms with Gasteiger partial charge >= 0.3 is 5.97 Å². The fourth-order valence-corrected chi connectivity index (χ4v) is 1.32. The van der Waals surface area contributed by atoms with Crippen LogP contribution >= 0.6 is 0 Å². The molecular formula is C12H14O5. The first-order chi connectivity index (χ1) is 8.12. The van der Waals surface area contributed by atoms with Gasteiger partial charge in [0.2, 0.25) is 0 Å².